The zero-order valence-corrected chi connectivity index (χ0v) is 42.4. The molecule has 0 heterocycles. The van der Waals surface area contributed by atoms with Gasteiger partial charge in [0, 0.05) is 31.3 Å². The van der Waals surface area contributed by atoms with Gasteiger partial charge in [-0.05, 0) is 173 Å². The van der Waals surface area contributed by atoms with E-state index in [0.29, 0.717) is 6.10 Å². The maximum Gasteiger partial charge on any atom is 0.118 e. The molecule has 0 aliphatic heterocycles. The van der Waals surface area contributed by atoms with Gasteiger partial charge in [0.05, 0.1) is 13.2 Å². The molecule has 2 aliphatic carbocycles. The minimum absolute atomic E-state index is 0.572. The van der Waals surface area contributed by atoms with Crippen LogP contribution in [-0.2, 0) is 37.0 Å². The summed E-state index contributed by atoms with van der Waals surface area (Å²) in [6, 6.07) is 34.1. The van der Waals surface area contributed by atoms with Crippen molar-refractivity contribution in [2.45, 2.75) is 149 Å². The van der Waals surface area contributed by atoms with Crippen molar-refractivity contribution in [3.8, 4) is 5.75 Å². The lowest BCUT2D eigenvalue weighted by molar-refractivity contribution is 0.0563. The fourth-order valence-electron chi connectivity index (χ4n) is 7.63. The first-order chi connectivity index (χ1) is 30.2. The van der Waals surface area contributed by atoms with E-state index < -0.39 is 0 Å². The molecule has 62 heavy (non-hydrogen) atoms. The molecule has 0 saturated heterocycles. The van der Waals surface area contributed by atoms with E-state index in [4.69, 9.17) is 9.47 Å². The van der Waals surface area contributed by atoms with Crippen molar-refractivity contribution in [3.63, 3.8) is 0 Å². The highest BCUT2D eigenvalue weighted by Crippen LogP contribution is 2.30. The highest BCUT2D eigenvalue weighted by Gasteiger charge is 2.19. The predicted molar refractivity (Wildman–Crippen MR) is 277 cm³/mol. The Morgan fingerprint density at radius 3 is 1.23 bits per heavy atom. The molecule has 4 aromatic carbocycles. The number of ether oxygens (including phenoxy) is 2. The van der Waals surface area contributed by atoms with Gasteiger partial charge >= 0.3 is 0 Å². The number of benzene rings is 4. The average molecular weight is 870 g/mol. The van der Waals surface area contributed by atoms with Crippen molar-refractivity contribution >= 4 is 17.4 Å². The van der Waals surface area contributed by atoms with Gasteiger partial charge in [-0.15, -0.1) is 11.8 Å². The smallest absolute Gasteiger partial charge is 0.118 e. The van der Waals surface area contributed by atoms with Crippen LogP contribution >= 0.6 is 11.8 Å². The number of anilines is 1. The van der Waals surface area contributed by atoms with Gasteiger partial charge in [0.1, 0.15) is 5.75 Å². The molecule has 0 atom stereocenters. The van der Waals surface area contributed by atoms with Crippen LogP contribution in [0.25, 0.3) is 0 Å². The Hall–Kier alpha value is -3.29. The molecule has 0 aromatic heterocycles. The maximum atomic E-state index is 5.28. The summed E-state index contributed by atoms with van der Waals surface area (Å²) in [6.07, 6.45) is 21.1. The number of nitrogens with one attached hydrogen (secondary N) is 3. The second-order valence-corrected chi connectivity index (χ2v) is 17.4. The summed E-state index contributed by atoms with van der Waals surface area (Å²) in [6.45, 7) is 15.5. The highest BCUT2D eigenvalue weighted by atomic mass is 32.2. The SMILES string of the molecule is CCC1CCC(CNC)CC1.CCC1CCC(OC)CC1.CCc1ccc(CNC)cc1.CCc1ccc(NC)cc1.CCc1ccc(OC)cc1.CCc1ccc(SC)cc1. The minimum Gasteiger partial charge on any atom is -0.497 e. The average Bonchev–Trinajstić information content (AvgIpc) is 3.35. The molecule has 348 valence electrons. The van der Waals surface area contributed by atoms with Gasteiger partial charge in [-0.2, -0.15) is 0 Å². The molecule has 5 nitrogen and oxygen atoms in total. The molecule has 3 N–H and O–H groups in total. The lowest BCUT2D eigenvalue weighted by atomic mass is 9.81. The van der Waals surface area contributed by atoms with Gasteiger partial charge in [0.2, 0.25) is 0 Å². The lowest BCUT2D eigenvalue weighted by Gasteiger charge is -2.27. The van der Waals surface area contributed by atoms with E-state index in [1.807, 2.05) is 33.3 Å². The van der Waals surface area contributed by atoms with E-state index in [9.17, 15) is 0 Å². The predicted octanol–water partition coefficient (Wildman–Crippen LogP) is 14.5. The van der Waals surface area contributed by atoms with Crippen LogP contribution in [0.3, 0.4) is 0 Å². The van der Waals surface area contributed by atoms with Gasteiger partial charge in [0.15, 0.2) is 0 Å². The van der Waals surface area contributed by atoms with Gasteiger partial charge in [-0.3, -0.25) is 0 Å². The molecule has 6 rings (SSSR count). The first-order valence-corrected chi connectivity index (χ1v) is 25.3. The van der Waals surface area contributed by atoms with Crippen molar-refractivity contribution in [2.24, 2.45) is 17.8 Å². The minimum atomic E-state index is 0.572. The summed E-state index contributed by atoms with van der Waals surface area (Å²) in [4.78, 5) is 1.34. The quantitative estimate of drug-likeness (QED) is 0.110. The van der Waals surface area contributed by atoms with E-state index in [1.165, 1.54) is 109 Å². The second-order valence-electron chi connectivity index (χ2n) is 16.5. The van der Waals surface area contributed by atoms with Crippen molar-refractivity contribution < 1.29 is 9.47 Å². The number of thioether (sulfide) groups is 1. The van der Waals surface area contributed by atoms with Crippen LogP contribution in [0.15, 0.2) is 102 Å². The van der Waals surface area contributed by atoms with Crippen LogP contribution in [0.1, 0.15) is 134 Å². The molecule has 2 aliphatic rings. The fraction of sp³-hybridized carbons (Fsp3) is 0.571. The third kappa shape index (κ3) is 25.7. The molecule has 0 amide bonds. The van der Waals surface area contributed by atoms with Gasteiger partial charge < -0.3 is 25.4 Å². The van der Waals surface area contributed by atoms with Gasteiger partial charge in [-0.25, -0.2) is 0 Å². The van der Waals surface area contributed by atoms with Crippen LogP contribution in [0.2, 0.25) is 0 Å². The molecule has 2 fully saturated rings. The van der Waals surface area contributed by atoms with Crippen LogP contribution in [-0.4, -0.2) is 54.3 Å². The standard InChI is InChI=1S/C10H21N.C10H15N.C9H13N.C9H18O.C9H12O.C9H12S/c2*1-3-9-4-6-10(7-5-9)8-11-2;4*1-3-8-4-6-9(10-2)7-5-8/h9-11H,3-8H2,1-2H3;4-7,11H,3,8H2,1-2H3;4-7,10H,3H2,1-2H3;8-9H,3-7H2,1-2H3;2*4-7H,3H2,1-2H3. The number of hydrogen-bond donors (Lipinski definition) is 3. The molecule has 4 aromatic rings. The number of hydrogen-bond acceptors (Lipinski definition) is 6. The summed E-state index contributed by atoms with van der Waals surface area (Å²) in [5.41, 5.74) is 8.09. The third-order valence-corrected chi connectivity index (χ3v) is 13.1. The normalized spacial score (nSPS) is 17.6. The molecular weight excluding hydrogens is 779 g/mol. The fourth-order valence-corrected chi connectivity index (χ4v) is 8.04. The van der Waals surface area contributed by atoms with Crippen LogP contribution in [0.4, 0.5) is 5.69 Å². The van der Waals surface area contributed by atoms with Gasteiger partial charge in [0.25, 0.3) is 0 Å². The third-order valence-electron chi connectivity index (χ3n) is 12.3. The Morgan fingerprint density at radius 1 is 0.484 bits per heavy atom. The number of aryl methyl sites for hydroxylation is 4. The number of methoxy groups -OCH3 is 2. The van der Waals surface area contributed by atoms with Crippen molar-refractivity contribution in [1.29, 1.82) is 0 Å². The Labute approximate surface area is 386 Å². The van der Waals surface area contributed by atoms with Crippen molar-refractivity contribution in [3.05, 3.63) is 125 Å². The van der Waals surface area contributed by atoms with Crippen LogP contribution in [0, 0.1) is 17.8 Å². The second kappa shape index (κ2) is 37.1. The summed E-state index contributed by atoms with van der Waals surface area (Å²) in [5.74, 6) is 3.94. The first-order valence-electron chi connectivity index (χ1n) is 24.1. The van der Waals surface area contributed by atoms with Crippen LogP contribution < -0.4 is 20.7 Å². The highest BCUT2D eigenvalue weighted by molar-refractivity contribution is 7.98. The lowest BCUT2D eigenvalue weighted by Crippen LogP contribution is -2.23. The Kier molecular flexibility index (Phi) is 34.0. The van der Waals surface area contributed by atoms with E-state index in [1.54, 1.807) is 18.9 Å². The van der Waals surface area contributed by atoms with E-state index >= 15 is 0 Å². The van der Waals surface area contributed by atoms with E-state index in [-0.39, 0.29) is 0 Å². The monoisotopic (exact) mass is 870 g/mol. The van der Waals surface area contributed by atoms with E-state index in [2.05, 4.69) is 156 Å². The molecule has 0 bridgehead atoms. The Morgan fingerprint density at radius 2 is 0.871 bits per heavy atom. The Balaban J connectivity index is 0.000000372. The first kappa shape index (κ1) is 56.7. The molecular formula is C56H91N3O2S. The summed E-state index contributed by atoms with van der Waals surface area (Å²) in [5, 5.41) is 9.47. The van der Waals surface area contributed by atoms with Crippen molar-refractivity contribution in [1.82, 2.24) is 10.6 Å². The molecule has 0 radical (unpaired) electrons. The summed E-state index contributed by atoms with van der Waals surface area (Å²) < 4.78 is 10.3. The zero-order valence-electron chi connectivity index (χ0n) is 41.6. The molecule has 0 unspecified atom stereocenters. The molecule has 2 saturated carbocycles. The number of rotatable bonds is 14. The molecule has 6 heteroatoms. The summed E-state index contributed by atoms with van der Waals surface area (Å²) in [7, 11) is 9.47. The zero-order chi connectivity index (χ0) is 45.8. The summed E-state index contributed by atoms with van der Waals surface area (Å²) >= 11 is 1.79. The van der Waals surface area contributed by atoms with Crippen molar-refractivity contribution in [2.75, 3.05) is 53.5 Å². The topological polar surface area (TPSA) is 54.5 Å². The van der Waals surface area contributed by atoms with Crippen LogP contribution in [0.5, 0.6) is 5.75 Å². The molecule has 0 spiro atoms. The van der Waals surface area contributed by atoms with E-state index in [0.717, 1.165) is 55.7 Å². The van der Waals surface area contributed by atoms with Gasteiger partial charge in [-0.1, -0.05) is 128 Å². The maximum absolute atomic E-state index is 5.28. The largest absolute Gasteiger partial charge is 0.497 e. The Bertz CT molecular complexity index is 1370.